The molecule has 0 aliphatic carbocycles. The highest BCUT2D eigenvalue weighted by atomic mass is 16.2. The highest BCUT2D eigenvalue weighted by Gasteiger charge is 2.19. The van der Waals surface area contributed by atoms with Crippen LogP contribution in [-0.2, 0) is 19.2 Å². The molecule has 0 heterocycles. The molecule has 7 nitrogen and oxygen atoms in total. The van der Waals surface area contributed by atoms with Crippen molar-refractivity contribution in [3.63, 3.8) is 0 Å². The molecule has 2 unspecified atom stereocenters. The SMILES string of the molecule is C=C/C=C(\C=C)CC(C)C(=O)NC(C)C(=O)NC.CC.CC(N)=O.CC=O. The second-order valence-corrected chi connectivity index (χ2v) is 4.98. The summed E-state index contributed by atoms with van der Waals surface area (Å²) >= 11 is 0. The minimum Gasteiger partial charge on any atom is -0.370 e. The van der Waals surface area contributed by atoms with Crippen molar-refractivity contribution in [3.05, 3.63) is 37.0 Å². The van der Waals surface area contributed by atoms with E-state index in [1.165, 1.54) is 20.9 Å². The summed E-state index contributed by atoms with van der Waals surface area (Å²) in [5.74, 6) is -0.912. The number of amides is 3. The predicted octanol–water partition coefficient (Wildman–Crippen LogP) is 2.28. The Kier molecular flexibility index (Phi) is 27.6. The zero-order valence-corrected chi connectivity index (χ0v) is 17.8. The van der Waals surface area contributed by atoms with Crippen molar-refractivity contribution in [2.75, 3.05) is 7.05 Å². The molecule has 0 radical (unpaired) electrons. The number of hydrogen-bond acceptors (Lipinski definition) is 4. The number of likely N-dealkylation sites (N-methyl/N-ethyl adjacent to an activating group) is 1. The van der Waals surface area contributed by atoms with Crippen molar-refractivity contribution >= 4 is 24.0 Å². The molecule has 0 aromatic rings. The third kappa shape index (κ3) is 25.7. The number of hydrogen-bond donors (Lipinski definition) is 3. The normalized spacial score (nSPS) is 11.1. The fourth-order valence-electron chi connectivity index (χ4n) is 1.45. The van der Waals surface area contributed by atoms with E-state index < -0.39 is 6.04 Å². The Balaban J connectivity index is -0.000000246. The molecule has 156 valence electrons. The third-order valence-corrected chi connectivity index (χ3v) is 2.58. The molecule has 0 aliphatic rings. The van der Waals surface area contributed by atoms with Crippen molar-refractivity contribution < 1.29 is 19.2 Å². The van der Waals surface area contributed by atoms with E-state index in [4.69, 9.17) is 4.79 Å². The van der Waals surface area contributed by atoms with Gasteiger partial charge in [0.15, 0.2) is 0 Å². The smallest absolute Gasteiger partial charge is 0.242 e. The van der Waals surface area contributed by atoms with Gasteiger partial charge in [-0.15, -0.1) is 0 Å². The van der Waals surface area contributed by atoms with E-state index in [-0.39, 0.29) is 23.6 Å². The van der Waals surface area contributed by atoms with Gasteiger partial charge in [0.25, 0.3) is 0 Å². The molecular weight excluding hydrogens is 346 g/mol. The van der Waals surface area contributed by atoms with Gasteiger partial charge >= 0.3 is 0 Å². The predicted molar refractivity (Wildman–Crippen MR) is 112 cm³/mol. The van der Waals surface area contributed by atoms with Gasteiger partial charge in [0, 0.05) is 19.9 Å². The van der Waals surface area contributed by atoms with E-state index in [1.807, 2.05) is 26.8 Å². The van der Waals surface area contributed by atoms with Crippen LogP contribution in [0.15, 0.2) is 37.0 Å². The van der Waals surface area contributed by atoms with E-state index in [9.17, 15) is 14.4 Å². The minimum atomic E-state index is -0.527. The van der Waals surface area contributed by atoms with Gasteiger partial charge in [-0.3, -0.25) is 14.4 Å². The molecule has 7 heteroatoms. The summed E-state index contributed by atoms with van der Waals surface area (Å²) in [6, 6.07) is -0.527. The van der Waals surface area contributed by atoms with Crippen molar-refractivity contribution in [2.24, 2.45) is 11.7 Å². The van der Waals surface area contributed by atoms with E-state index >= 15 is 0 Å². The molecule has 0 fully saturated rings. The van der Waals surface area contributed by atoms with Crippen molar-refractivity contribution in [1.82, 2.24) is 10.6 Å². The number of nitrogens with two attached hydrogens (primary N) is 1. The summed E-state index contributed by atoms with van der Waals surface area (Å²) in [6.07, 6.45) is 6.50. The average molecular weight is 384 g/mol. The number of carbonyl (C=O) groups is 4. The first kappa shape index (κ1) is 32.0. The molecule has 0 aromatic carbocycles. The quantitative estimate of drug-likeness (QED) is 0.461. The highest BCUT2D eigenvalue weighted by Crippen LogP contribution is 2.12. The van der Waals surface area contributed by atoms with Gasteiger partial charge in [-0.05, 0) is 25.8 Å². The van der Waals surface area contributed by atoms with Crippen LogP contribution in [0.25, 0.3) is 0 Å². The molecule has 4 N–H and O–H groups in total. The number of primary amides is 1. The fraction of sp³-hybridized carbons (Fsp3) is 0.500. The van der Waals surface area contributed by atoms with E-state index in [2.05, 4.69) is 29.5 Å². The molecule has 0 aliphatic heterocycles. The van der Waals surface area contributed by atoms with Crippen LogP contribution in [0.3, 0.4) is 0 Å². The maximum absolute atomic E-state index is 11.9. The molecule has 0 bridgehead atoms. The summed E-state index contributed by atoms with van der Waals surface area (Å²) in [5.41, 5.74) is 5.42. The Morgan fingerprint density at radius 1 is 1.11 bits per heavy atom. The van der Waals surface area contributed by atoms with E-state index in [0.717, 1.165) is 11.9 Å². The van der Waals surface area contributed by atoms with Crippen molar-refractivity contribution in [2.45, 2.75) is 54.0 Å². The second kappa shape index (κ2) is 23.3. The Hall–Kier alpha value is -2.70. The molecule has 3 amide bonds. The lowest BCUT2D eigenvalue weighted by molar-refractivity contribution is -0.130. The van der Waals surface area contributed by atoms with Gasteiger partial charge in [0.1, 0.15) is 12.3 Å². The number of carbonyl (C=O) groups excluding carboxylic acids is 4. The lowest BCUT2D eigenvalue weighted by atomic mass is 9.99. The Morgan fingerprint density at radius 3 is 1.81 bits per heavy atom. The lowest BCUT2D eigenvalue weighted by Gasteiger charge is -2.16. The first-order valence-electron chi connectivity index (χ1n) is 8.72. The Morgan fingerprint density at radius 2 is 1.52 bits per heavy atom. The molecule has 27 heavy (non-hydrogen) atoms. The summed E-state index contributed by atoms with van der Waals surface area (Å²) in [6.45, 7) is 17.5. The number of aldehydes is 1. The first-order valence-corrected chi connectivity index (χ1v) is 8.72. The Labute approximate surface area is 164 Å². The summed E-state index contributed by atoms with van der Waals surface area (Å²) < 4.78 is 0. The van der Waals surface area contributed by atoms with Gasteiger partial charge < -0.3 is 21.2 Å². The first-order chi connectivity index (χ1) is 12.6. The monoisotopic (exact) mass is 383 g/mol. The van der Waals surface area contributed by atoms with E-state index in [0.29, 0.717) is 6.42 Å². The van der Waals surface area contributed by atoms with Crippen LogP contribution >= 0.6 is 0 Å². The molecule has 0 saturated carbocycles. The fourth-order valence-corrected chi connectivity index (χ4v) is 1.45. The van der Waals surface area contributed by atoms with Crippen LogP contribution in [-0.4, -0.2) is 37.1 Å². The summed E-state index contributed by atoms with van der Waals surface area (Å²) in [5, 5.41) is 5.15. The molecule has 0 spiro atoms. The number of nitrogens with one attached hydrogen (secondary N) is 2. The maximum Gasteiger partial charge on any atom is 0.242 e. The van der Waals surface area contributed by atoms with Gasteiger partial charge in [0.2, 0.25) is 17.7 Å². The summed E-state index contributed by atoms with van der Waals surface area (Å²) in [7, 11) is 1.54. The molecule has 2 atom stereocenters. The van der Waals surface area contributed by atoms with E-state index in [1.54, 1.807) is 19.1 Å². The average Bonchev–Trinajstić information content (AvgIpc) is 2.62. The number of rotatable bonds is 7. The molecule has 0 aromatic heterocycles. The molecular formula is C20H37N3O4. The largest absolute Gasteiger partial charge is 0.370 e. The molecule has 0 saturated heterocycles. The van der Waals surface area contributed by atoms with Crippen LogP contribution in [0.1, 0.15) is 48.0 Å². The van der Waals surface area contributed by atoms with Gasteiger partial charge in [0.05, 0.1) is 0 Å². The van der Waals surface area contributed by atoms with Crippen LogP contribution in [0.4, 0.5) is 0 Å². The van der Waals surface area contributed by atoms with Gasteiger partial charge in [-0.2, -0.15) is 0 Å². The Bertz CT molecular complexity index is 482. The second-order valence-electron chi connectivity index (χ2n) is 4.98. The van der Waals surface area contributed by atoms with Crippen LogP contribution in [0.5, 0.6) is 0 Å². The minimum absolute atomic E-state index is 0.150. The van der Waals surface area contributed by atoms with Crippen molar-refractivity contribution in [3.8, 4) is 0 Å². The zero-order valence-electron chi connectivity index (χ0n) is 17.8. The van der Waals surface area contributed by atoms with Gasteiger partial charge in [-0.1, -0.05) is 52.2 Å². The third-order valence-electron chi connectivity index (χ3n) is 2.58. The summed E-state index contributed by atoms with van der Waals surface area (Å²) in [4.78, 5) is 41.2. The number of allylic oxidation sites excluding steroid dienone is 4. The maximum atomic E-state index is 11.9. The van der Waals surface area contributed by atoms with Crippen LogP contribution in [0.2, 0.25) is 0 Å². The van der Waals surface area contributed by atoms with Crippen molar-refractivity contribution in [1.29, 1.82) is 0 Å². The molecule has 0 rings (SSSR count). The van der Waals surface area contributed by atoms with Crippen LogP contribution in [0, 0.1) is 5.92 Å². The van der Waals surface area contributed by atoms with Gasteiger partial charge in [-0.25, -0.2) is 0 Å². The topological polar surface area (TPSA) is 118 Å². The lowest BCUT2D eigenvalue weighted by Crippen LogP contribution is -2.45. The zero-order chi connectivity index (χ0) is 22.4. The standard InChI is InChI=1S/C14H22N2O2.C2H5NO.C2H4O.C2H6/c1-6-8-12(7-2)9-10(3)13(17)16-11(4)14(18)15-5;1-2(3)4;1-2-3;1-2/h6-8,10-11H,1-2,9H2,3-5H3,(H,15,18)(H,16,17);1H3,(H2,3,4);2H,1H3;1-2H3/b12-8+;;;. The van der Waals surface area contributed by atoms with Crippen LogP contribution < -0.4 is 16.4 Å². The highest BCUT2D eigenvalue weighted by molar-refractivity contribution is 5.87.